The Hall–Kier alpha value is -3.55. The highest BCUT2D eigenvalue weighted by Gasteiger charge is 2.53. The van der Waals surface area contributed by atoms with Crippen LogP contribution in [0.1, 0.15) is 30.6 Å². The lowest BCUT2D eigenvalue weighted by atomic mass is 9.92. The Bertz CT molecular complexity index is 986. The number of aliphatic carboxylic acids is 1. The maximum Gasteiger partial charge on any atom is 0.426 e. The third kappa shape index (κ3) is 4.79. The van der Waals surface area contributed by atoms with Gasteiger partial charge in [0.25, 0.3) is 5.91 Å². The van der Waals surface area contributed by atoms with E-state index < -0.39 is 69.5 Å². The number of carbonyl (C=O) groups is 4. The van der Waals surface area contributed by atoms with E-state index in [4.69, 9.17) is 4.74 Å². The van der Waals surface area contributed by atoms with Crippen molar-refractivity contribution < 1.29 is 47.7 Å². The fourth-order valence-corrected chi connectivity index (χ4v) is 3.65. The molecule has 0 bridgehead atoms. The second-order valence-corrected chi connectivity index (χ2v) is 8.57. The zero-order valence-corrected chi connectivity index (χ0v) is 17.3. The molecule has 0 radical (unpaired) electrons. The van der Waals surface area contributed by atoms with Gasteiger partial charge in [-0.1, -0.05) is 6.07 Å². The Labute approximate surface area is 177 Å². The van der Waals surface area contributed by atoms with Crippen LogP contribution in [0.2, 0.25) is 0 Å². The van der Waals surface area contributed by atoms with Crippen LogP contribution in [0.25, 0.3) is 0 Å². The molecule has 0 aliphatic carbocycles. The Morgan fingerprint density at radius 3 is 2.45 bits per heavy atom. The first-order valence-electron chi connectivity index (χ1n) is 8.82. The lowest BCUT2D eigenvalue weighted by Gasteiger charge is -2.46. The summed E-state index contributed by atoms with van der Waals surface area (Å²) in [4.78, 5) is 48.3. The summed E-state index contributed by atoms with van der Waals surface area (Å²) in [5.74, 6) is -4.46. The number of hydrazine groups is 1. The van der Waals surface area contributed by atoms with E-state index in [1.54, 1.807) is 12.3 Å². The van der Waals surface area contributed by atoms with Gasteiger partial charge in [-0.25, -0.2) is 23.4 Å². The van der Waals surface area contributed by atoms with Crippen molar-refractivity contribution in [1.82, 2.24) is 15.8 Å². The fraction of sp³-hybridized carbons (Fsp3) is 0.412. The largest absolute Gasteiger partial charge is 0.504 e. The molecule has 31 heavy (non-hydrogen) atoms. The molecule has 1 aliphatic heterocycles. The smallest absolute Gasteiger partial charge is 0.426 e. The molecule has 0 spiro atoms. The summed E-state index contributed by atoms with van der Waals surface area (Å²) < 4.78 is 26.3. The molecular formula is C17H21N3O10S. The number of benzene rings is 1. The SMILES string of the molecule is C[C@@H]1CC(=O)N1[C@@H](C(=O)O)[C@](C)(COC(=O)NNC(=O)c1cccc(O)c1O)[SH](=O)=O. The second kappa shape index (κ2) is 9.07. The Kier molecular flexibility index (Phi) is 6.95. The van der Waals surface area contributed by atoms with E-state index in [0.717, 1.165) is 24.0 Å². The number of carboxylic acids is 1. The molecule has 0 aromatic heterocycles. The van der Waals surface area contributed by atoms with E-state index in [0.29, 0.717) is 0 Å². The Morgan fingerprint density at radius 2 is 1.94 bits per heavy atom. The number of phenols is 2. The van der Waals surface area contributed by atoms with Gasteiger partial charge >= 0.3 is 12.1 Å². The van der Waals surface area contributed by atoms with E-state index in [9.17, 15) is 42.9 Å². The fourth-order valence-electron chi connectivity index (χ4n) is 3.04. The molecule has 1 saturated heterocycles. The molecule has 1 aromatic carbocycles. The number of hydrogen-bond acceptors (Lipinski definition) is 9. The summed E-state index contributed by atoms with van der Waals surface area (Å²) in [6, 6.07) is 1.24. The maximum atomic E-state index is 12.0. The molecular weight excluding hydrogens is 438 g/mol. The first kappa shape index (κ1) is 23.7. The zero-order chi connectivity index (χ0) is 23.5. The number of rotatable bonds is 7. The number of thiol groups is 1. The number of phenolic OH excluding ortho intramolecular Hbond substituents is 2. The molecule has 1 aromatic rings. The number of carbonyl (C=O) groups excluding carboxylic acids is 3. The van der Waals surface area contributed by atoms with Gasteiger partial charge in [-0.05, 0) is 26.0 Å². The minimum absolute atomic E-state index is 0.0603. The second-order valence-electron chi connectivity index (χ2n) is 7.04. The number of amides is 3. The molecule has 13 nitrogen and oxygen atoms in total. The Balaban J connectivity index is 2.06. The van der Waals surface area contributed by atoms with E-state index in [-0.39, 0.29) is 12.0 Å². The van der Waals surface area contributed by atoms with Crippen molar-refractivity contribution >= 4 is 34.6 Å². The van der Waals surface area contributed by atoms with E-state index in [2.05, 4.69) is 0 Å². The normalized spacial score (nSPS) is 18.5. The van der Waals surface area contributed by atoms with Crippen LogP contribution in [-0.2, 0) is 25.0 Å². The van der Waals surface area contributed by atoms with Crippen LogP contribution in [0.3, 0.4) is 0 Å². The van der Waals surface area contributed by atoms with E-state index in [1.807, 2.05) is 5.43 Å². The van der Waals surface area contributed by atoms with Crippen molar-refractivity contribution in [3.8, 4) is 11.5 Å². The predicted octanol–water partition coefficient (Wildman–Crippen LogP) is -1.09. The van der Waals surface area contributed by atoms with Crippen LogP contribution in [-0.4, -0.2) is 76.0 Å². The first-order valence-corrected chi connectivity index (χ1v) is 10.0. The van der Waals surface area contributed by atoms with Crippen molar-refractivity contribution in [2.75, 3.05) is 6.61 Å². The van der Waals surface area contributed by atoms with Gasteiger partial charge in [-0.2, -0.15) is 0 Å². The quantitative estimate of drug-likeness (QED) is 0.126. The van der Waals surface area contributed by atoms with Crippen molar-refractivity contribution in [3.63, 3.8) is 0 Å². The van der Waals surface area contributed by atoms with E-state index in [1.165, 1.54) is 6.07 Å². The summed E-state index contributed by atoms with van der Waals surface area (Å²) in [6.45, 7) is 1.64. The van der Waals surface area contributed by atoms with Crippen molar-refractivity contribution in [2.24, 2.45) is 0 Å². The zero-order valence-electron chi connectivity index (χ0n) is 16.4. The van der Waals surface area contributed by atoms with Gasteiger partial charge in [0, 0.05) is 12.5 Å². The summed E-state index contributed by atoms with van der Waals surface area (Å²) in [6.07, 6.45) is -1.27. The summed E-state index contributed by atoms with van der Waals surface area (Å²) in [5, 5.41) is 28.5. The molecule has 1 heterocycles. The summed E-state index contributed by atoms with van der Waals surface area (Å²) in [5.41, 5.74) is 3.31. The average molecular weight is 459 g/mol. The first-order chi connectivity index (χ1) is 14.4. The molecule has 14 heteroatoms. The van der Waals surface area contributed by atoms with Crippen LogP contribution in [0.15, 0.2) is 18.2 Å². The molecule has 170 valence electrons. The van der Waals surface area contributed by atoms with Crippen LogP contribution < -0.4 is 10.9 Å². The van der Waals surface area contributed by atoms with Gasteiger partial charge in [-0.3, -0.25) is 15.0 Å². The summed E-state index contributed by atoms with van der Waals surface area (Å²) in [7, 11) is -3.48. The van der Waals surface area contributed by atoms with Gasteiger partial charge in [0.2, 0.25) is 5.91 Å². The number of para-hydroxylation sites is 1. The average Bonchev–Trinajstić information content (AvgIpc) is 2.69. The molecule has 1 aliphatic rings. The number of ether oxygens (including phenoxy) is 1. The number of likely N-dealkylation sites (tertiary alicyclic amines) is 1. The van der Waals surface area contributed by atoms with Gasteiger partial charge in [-0.15, -0.1) is 0 Å². The topological polar surface area (TPSA) is 200 Å². The van der Waals surface area contributed by atoms with Gasteiger partial charge < -0.3 is 25.0 Å². The van der Waals surface area contributed by atoms with Crippen molar-refractivity contribution in [2.45, 2.75) is 37.1 Å². The third-order valence-corrected chi connectivity index (χ3v) is 5.99. The standard InChI is InChI=1S/C17H21N3O10S/c1-8-6-11(22)20(8)13(15(25)26)17(2,31(28)29)7-30-16(27)19-18-14(24)9-4-3-5-10(21)12(9)23/h3-5,8,13,21,23,31H,6-7H2,1-2H3,(H,18,24)(H,19,27)(H,25,26)/t8-,13+,17+/m1/s1. The predicted molar refractivity (Wildman–Crippen MR) is 103 cm³/mol. The highest BCUT2D eigenvalue weighted by Crippen LogP contribution is 2.31. The number of nitrogens with one attached hydrogen (secondary N) is 2. The maximum absolute atomic E-state index is 12.0. The monoisotopic (exact) mass is 459 g/mol. The van der Waals surface area contributed by atoms with Crippen LogP contribution in [0.5, 0.6) is 11.5 Å². The minimum atomic E-state index is -3.48. The molecule has 2 rings (SSSR count). The van der Waals surface area contributed by atoms with Crippen molar-refractivity contribution in [3.05, 3.63) is 23.8 Å². The lowest BCUT2D eigenvalue weighted by molar-refractivity contribution is -0.163. The summed E-state index contributed by atoms with van der Waals surface area (Å²) >= 11 is 0. The minimum Gasteiger partial charge on any atom is -0.504 e. The van der Waals surface area contributed by atoms with Gasteiger partial charge in [0.1, 0.15) is 11.4 Å². The number of nitrogens with zero attached hydrogens (tertiary/aromatic N) is 1. The van der Waals surface area contributed by atoms with Crippen LogP contribution in [0, 0.1) is 0 Å². The van der Waals surface area contributed by atoms with Crippen LogP contribution >= 0.6 is 0 Å². The number of β-lactam (4-membered cyclic amide) rings is 1. The highest BCUT2D eigenvalue weighted by atomic mass is 32.2. The molecule has 1 fully saturated rings. The molecule has 3 atom stereocenters. The van der Waals surface area contributed by atoms with Crippen LogP contribution in [0.4, 0.5) is 4.79 Å². The molecule has 3 amide bonds. The highest BCUT2D eigenvalue weighted by molar-refractivity contribution is 7.74. The van der Waals surface area contributed by atoms with E-state index >= 15 is 0 Å². The van der Waals surface area contributed by atoms with Gasteiger partial charge in [0.05, 0.1) is 5.56 Å². The van der Waals surface area contributed by atoms with Gasteiger partial charge in [0.15, 0.2) is 28.2 Å². The molecule has 0 unspecified atom stereocenters. The number of carboxylic acid groups (broad SMARTS) is 1. The number of hydrogen-bond donors (Lipinski definition) is 6. The molecule has 5 N–H and O–H groups in total. The van der Waals surface area contributed by atoms with Crippen molar-refractivity contribution in [1.29, 1.82) is 0 Å². The Morgan fingerprint density at radius 1 is 1.29 bits per heavy atom. The third-order valence-electron chi connectivity index (χ3n) is 4.78. The lowest BCUT2D eigenvalue weighted by Crippen LogP contribution is -2.67. The number of aromatic hydroxyl groups is 2. The molecule has 0 saturated carbocycles.